The van der Waals surface area contributed by atoms with Crippen LogP contribution < -0.4 is 0 Å². The molecule has 4 heteroatoms. The number of rotatable bonds is 3. The first-order valence-electron chi connectivity index (χ1n) is 4.82. The second kappa shape index (κ2) is 4.29. The van der Waals surface area contributed by atoms with Gasteiger partial charge in [-0.3, -0.25) is 4.79 Å². The standard InChI is InChI=1S/C11H15NO3/c1-5-15-11(14)10-8(3)12(4)7(2)9(10)6-13/h6H,5H2,1-4H3. The highest BCUT2D eigenvalue weighted by Gasteiger charge is 2.21. The average molecular weight is 209 g/mol. The van der Waals surface area contributed by atoms with Crippen LogP contribution in [-0.4, -0.2) is 23.4 Å². The Morgan fingerprint density at radius 3 is 2.47 bits per heavy atom. The van der Waals surface area contributed by atoms with Gasteiger partial charge in [-0.05, 0) is 20.8 Å². The molecule has 0 bridgehead atoms. The van der Waals surface area contributed by atoms with Gasteiger partial charge >= 0.3 is 5.97 Å². The van der Waals surface area contributed by atoms with Crippen LogP contribution in [0.2, 0.25) is 0 Å². The molecule has 0 radical (unpaired) electrons. The van der Waals surface area contributed by atoms with Gasteiger partial charge in [-0.2, -0.15) is 0 Å². The molecule has 0 saturated carbocycles. The third-order valence-electron chi connectivity index (χ3n) is 2.62. The number of hydrogen-bond acceptors (Lipinski definition) is 3. The van der Waals surface area contributed by atoms with Gasteiger partial charge in [-0.1, -0.05) is 0 Å². The molecule has 0 spiro atoms. The van der Waals surface area contributed by atoms with Crippen LogP contribution in [-0.2, 0) is 11.8 Å². The van der Waals surface area contributed by atoms with Crippen LogP contribution in [0.3, 0.4) is 0 Å². The molecule has 0 N–H and O–H groups in total. The lowest BCUT2D eigenvalue weighted by atomic mass is 10.1. The second-order valence-electron chi connectivity index (χ2n) is 3.36. The normalized spacial score (nSPS) is 10.1. The van der Waals surface area contributed by atoms with Crippen molar-refractivity contribution in [2.24, 2.45) is 7.05 Å². The van der Waals surface area contributed by atoms with E-state index in [-0.39, 0.29) is 0 Å². The number of hydrogen-bond donors (Lipinski definition) is 0. The molecule has 0 amide bonds. The summed E-state index contributed by atoms with van der Waals surface area (Å²) in [6.07, 6.45) is 0.703. The quantitative estimate of drug-likeness (QED) is 0.561. The van der Waals surface area contributed by atoms with Gasteiger partial charge < -0.3 is 9.30 Å². The molecule has 0 unspecified atom stereocenters. The fraction of sp³-hybridized carbons (Fsp3) is 0.455. The molecule has 82 valence electrons. The maximum Gasteiger partial charge on any atom is 0.340 e. The minimum absolute atomic E-state index is 0.310. The van der Waals surface area contributed by atoms with Crippen molar-refractivity contribution in [1.82, 2.24) is 4.57 Å². The summed E-state index contributed by atoms with van der Waals surface area (Å²) < 4.78 is 6.72. The van der Waals surface area contributed by atoms with Crippen LogP contribution >= 0.6 is 0 Å². The van der Waals surface area contributed by atoms with E-state index in [2.05, 4.69) is 0 Å². The first kappa shape index (κ1) is 11.5. The monoisotopic (exact) mass is 209 g/mol. The van der Waals surface area contributed by atoms with Crippen LogP contribution in [0, 0.1) is 13.8 Å². The molecular formula is C11H15NO3. The van der Waals surface area contributed by atoms with Crippen molar-refractivity contribution >= 4 is 12.3 Å². The van der Waals surface area contributed by atoms with E-state index < -0.39 is 5.97 Å². The highest BCUT2D eigenvalue weighted by molar-refractivity contribution is 6.00. The maximum absolute atomic E-state index is 11.6. The molecule has 15 heavy (non-hydrogen) atoms. The van der Waals surface area contributed by atoms with E-state index in [4.69, 9.17) is 4.74 Å². The predicted molar refractivity (Wildman–Crippen MR) is 56.2 cm³/mol. The molecule has 1 rings (SSSR count). The Morgan fingerprint density at radius 1 is 1.40 bits per heavy atom. The summed E-state index contributed by atoms with van der Waals surface area (Å²) in [5, 5.41) is 0. The third kappa shape index (κ3) is 1.79. The van der Waals surface area contributed by atoms with Gasteiger partial charge in [0.15, 0.2) is 6.29 Å². The summed E-state index contributed by atoms with van der Waals surface area (Å²) in [7, 11) is 1.82. The molecular weight excluding hydrogens is 194 g/mol. The molecule has 0 aliphatic carbocycles. The lowest BCUT2D eigenvalue weighted by Crippen LogP contribution is -2.08. The molecule has 0 aliphatic rings. The summed E-state index contributed by atoms with van der Waals surface area (Å²) in [6, 6.07) is 0. The van der Waals surface area contributed by atoms with Crippen LogP contribution in [0.5, 0.6) is 0 Å². The Morgan fingerprint density at radius 2 is 2.00 bits per heavy atom. The highest BCUT2D eigenvalue weighted by Crippen LogP contribution is 2.20. The molecule has 0 aromatic carbocycles. The fourth-order valence-electron chi connectivity index (χ4n) is 1.58. The van der Waals surface area contributed by atoms with Crippen molar-refractivity contribution in [3.05, 3.63) is 22.5 Å². The SMILES string of the molecule is CCOC(=O)c1c(C=O)c(C)n(C)c1C. The predicted octanol–water partition coefficient (Wildman–Crippen LogP) is 1.63. The highest BCUT2D eigenvalue weighted by atomic mass is 16.5. The van der Waals surface area contributed by atoms with Gasteiger partial charge in [-0.15, -0.1) is 0 Å². The van der Waals surface area contributed by atoms with Gasteiger partial charge in [0.1, 0.15) is 0 Å². The third-order valence-corrected chi connectivity index (χ3v) is 2.62. The van der Waals surface area contributed by atoms with Gasteiger partial charge in [0, 0.05) is 24.0 Å². The van der Waals surface area contributed by atoms with E-state index >= 15 is 0 Å². The van der Waals surface area contributed by atoms with Gasteiger partial charge in [0.05, 0.1) is 12.2 Å². The van der Waals surface area contributed by atoms with Crippen LogP contribution in [0.25, 0.3) is 0 Å². The molecule has 0 atom stereocenters. The van der Waals surface area contributed by atoms with E-state index in [0.29, 0.717) is 24.0 Å². The zero-order valence-corrected chi connectivity index (χ0v) is 9.46. The van der Waals surface area contributed by atoms with E-state index in [1.807, 2.05) is 11.6 Å². The van der Waals surface area contributed by atoms with Gasteiger partial charge in [0.25, 0.3) is 0 Å². The Bertz CT molecular complexity index is 404. The number of nitrogens with zero attached hydrogens (tertiary/aromatic N) is 1. The molecule has 1 heterocycles. The van der Waals surface area contributed by atoms with E-state index in [9.17, 15) is 9.59 Å². The maximum atomic E-state index is 11.6. The first-order chi connectivity index (χ1) is 7.04. The summed E-state index contributed by atoms with van der Waals surface area (Å²) in [5.74, 6) is -0.430. The molecule has 4 nitrogen and oxygen atoms in total. The Kier molecular flexibility index (Phi) is 3.29. The minimum Gasteiger partial charge on any atom is -0.462 e. The molecule has 0 aliphatic heterocycles. The number of ether oxygens (including phenoxy) is 1. The smallest absolute Gasteiger partial charge is 0.340 e. The lowest BCUT2D eigenvalue weighted by molar-refractivity contribution is 0.0523. The van der Waals surface area contributed by atoms with Crippen LogP contribution in [0.1, 0.15) is 39.0 Å². The number of carbonyl (C=O) groups is 2. The fourth-order valence-corrected chi connectivity index (χ4v) is 1.58. The van der Waals surface area contributed by atoms with Crippen LogP contribution in [0.4, 0.5) is 0 Å². The zero-order valence-electron chi connectivity index (χ0n) is 9.46. The summed E-state index contributed by atoms with van der Waals surface area (Å²) in [5.41, 5.74) is 2.35. The summed E-state index contributed by atoms with van der Waals surface area (Å²) in [6.45, 7) is 5.65. The van der Waals surface area contributed by atoms with Crippen molar-refractivity contribution < 1.29 is 14.3 Å². The molecule has 1 aromatic rings. The van der Waals surface area contributed by atoms with Crippen molar-refractivity contribution in [2.75, 3.05) is 6.61 Å². The van der Waals surface area contributed by atoms with Crippen molar-refractivity contribution in [3.8, 4) is 0 Å². The zero-order chi connectivity index (χ0) is 11.6. The van der Waals surface area contributed by atoms with Crippen molar-refractivity contribution in [2.45, 2.75) is 20.8 Å². The Labute approximate surface area is 88.8 Å². The average Bonchev–Trinajstić information content (AvgIpc) is 2.42. The molecule has 0 saturated heterocycles. The van der Waals surface area contributed by atoms with Gasteiger partial charge in [-0.25, -0.2) is 4.79 Å². The number of aromatic nitrogens is 1. The topological polar surface area (TPSA) is 48.3 Å². The molecule has 1 aromatic heterocycles. The van der Waals surface area contributed by atoms with E-state index in [1.165, 1.54) is 0 Å². The first-order valence-corrected chi connectivity index (χ1v) is 4.82. The molecule has 0 fully saturated rings. The Hall–Kier alpha value is -1.58. The number of esters is 1. The summed E-state index contributed by atoms with van der Waals surface area (Å²) in [4.78, 5) is 22.5. The Balaban J connectivity index is 3.33. The van der Waals surface area contributed by atoms with E-state index in [1.54, 1.807) is 20.8 Å². The second-order valence-corrected chi connectivity index (χ2v) is 3.36. The number of carbonyl (C=O) groups excluding carboxylic acids is 2. The summed E-state index contributed by atoms with van der Waals surface area (Å²) >= 11 is 0. The van der Waals surface area contributed by atoms with Gasteiger partial charge in [0.2, 0.25) is 0 Å². The minimum atomic E-state index is -0.430. The van der Waals surface area contributed by atoms with E-state index in [0.717, 1.165) is 11.4 Å². The largest absolute Gasteiger partial charge is 0.462 e. The van der Waals surface area contributed by atoms with Crippen LogP contribution in [0.15, 0.2) is 0 Å². The van der Waals surface area contributed by atoms with Crippen molar-refractivity contribution in [3.63, 3.8) is 0 Å². The number of aldehydes is 1. The van der Waals surface area contributed by atoms with Crippen molar-refractivity contribution in [1.29, 1.82) is 0 Å². The lowest BCUT2D eigenvalue weighted by Gasteiger charge is -2.02.